The summed E-state index contributed by atoms with van der Waals surface area (Å²) in [5, 5.41) is 3.00. The first-order valence-corrected chi connectivity index (χ1v) is 7.27. The van der Waals surface area contributed by atoms with Crippen molar-refractivity contribution in [1.82, 2.24) is 15.2 Å². The van der Waals surface area contributed by atoms with Crippen molar-refractivity contribution in [3.8, 4) is 5.88 Å². The minimum absolute atomic E-state index is 0.118. The summed E-state index contributed by atoms with van der Waals surface area (Å²) in [6.07, 6.45) is 5.20. The van der Waals surface area contributed by atoms with Crippen molar-refractivity contribution in [2.24, 2.45) is 0 Å². The van der Waals surface area contributed by atoms with E-state index in [1.807, 2.05) is 0 Å². The lowest BCUT2D eigenvalue weighted by atomic mass is 10.2. The number of amides is 1. The second kappa shape index (κ2) is 7.24. The summed E-state index contributed by atoms with van der Waals surface area (Å²) in [5.74, 6) is 0.256. The van der Waals surface area contributed by atoms with Crippen molar-refractivity contribution in [2.45, 2.75) is 32.2 Å². The molecule has 2 heterocycles. The molecule has 1 aromatic heterocycles. The molecule has 1 N–H and O–H groups in total. The standard InChI is InChI=1S/C15H23N3O2/c1-3-12(18-9-4-5-10-18)11-17-14(19)13-7-6-8-16-15(13)20-2/h6-8,12H,3-5,9-11H2,1-2H3,(H,17,19)/t12-/m0/s1. The Bertz CT molecular complexity index is 444. The van der Waals surface area contributed by atoms with E-state index in [1.54, 1.807) is 18.3 Å². The highest BCUT2D eigenvalue weighted by Crippen LogP contribution is 2.15. The van der Waals surface area contributed by atoms with Crippen LogP contribution in [-0.4, -0.2) is 48.6 Å². The van der Waals surface area contributed by atoms with Gasteiger partial charge in [-0.05, 0) is 44.5 Å². The molecule has 0 bridgehead atoms. The number of aromatic nitrogens is 1. The quantitative estimate of drug-likeness (QED) is 0.860. The van der Waals surface area contributed by atoms with Gasteiger partial charge < -0.3 is 10.1 Å². The van der Waals surface area contributed by atoms with Gasteiger partial charge in [-0.25, -0.2) is 4.98 Å². The van der Waals surface area contributed by atoms with Gasteiger partial charge >= 0.3 is 0 Å². The molecule has 5 heteroatoms. The summed E-state index contributed by atoms with van der Waals surface area (Å²) < 4.78 is 5.12. The highest BCUT2D eigenvalue weighted by atomic mass is 16.5. The molecule has 0 saturated carbocycles. The van der Waals surface area contributed by atoms with E-state index < -0.39 is 0 Å². The van der Waals surface area contributed by atoms with Crippen LogP contribution in [-0.2, 0) is 0 Å². The minimum Gasteiger partial charge on any atom is -0.480 e. The first-order valence-electron chi connectivity index (χ1n) is 7.27. The first-order chi connectivity index (χ1) is 9.76. The van der Waals surface area contributed by atoms with Crippen LogP contribution in [0.5, 0.6) is 5.88 Å². The molecule has 0 spiro atoms. The van der Waals surface area contributed by atoms with Crippen LogP contribution in [0.25, 0.3) is 0 Å². The van der Waals surface area contributed by atoms with Gasteiger partial charge in [0.2, 0.25) is 5.88 Å². The lowest BCUT2D eigenvalue weighted by molar-refractivity contribution is 0.0933. The third-order valence-electron chi connectivity index (χ3n) is 3.84. The fourth-order valence-corrected chi connectivity index (χ4v) is 2.67. The van der Waals surface area contributed by atoms with E-state index in [0.717, 1.165) is 19.5 Å². The van der Waals surface area contributed by atoms with E-state index in [9.17, 15) is 4.79 Å². The van der Waals surface area contributed by atoms with E-state index in [0.29, 0.717) is 24.0 Å². The van der Waals surface area contributed by atoms with E-state index in [1.165, 1.54) is 20.0 Å². The maximum Gasteiger partial charge on any atom is 0.256 e. The fraction of sp³-hybridized carbons (Fsp3) is 0.600. The van der Waals surface area contributed by atoms with Gasteiger partial charge in [-0.3, -0.25) is 9.69 Å². The summed E-state index contributed by atoms with van der Waals surface area (Å²) in [6.45, 7) is 5.13. The zero-order valence-electron chi connectivity index (χ0n) is 12.3. The molecule has 2 rings (SSSR count). The van der Waals surface area contributed by atoms with Gasteiger partial charge in [0.05, 0.1) is 7.11 Å². The number of rotatable bonds is 6. The van der Waals surface area contributed by atoms with Crippen LogP contribution in [0.3, 0.4) is 0 Å². The highest BCUT2D eigenvalue weighted by Gasteiger charge is 2.21. The van der Waals surface area contributed by atoms with Crippen LogP contribution < -0.4 is 10.1 Å². The third kappa shape index (κ3) is 3.48. The highest BCUT2D eigenvalue weighted by molar-refractivity contribution is 5.96. The van der Waals surface area contributed by atoms with Crippen molar-refractivity contribution in [3.05, 3.63) is 23.9 Å². The van der Waals surface area contributed by atoms with Crippen LogP contribution in [0.4, 0.5) is 0 Å². The molecular weight excluding hydrogens is 254 g/mol. The zero-order chi connectivity index (χ0) is 14.4. The van der Waals surface area contributed by atoms with Gasteiger partial charge in [-0.2, -0.15) is 0 Å². The number of carbonyl (C=O) groups excluding carboxylic acids is 1. The number of nitrogens with one attached hydrogen (secondary N) is 1. The smallest absolute Gasteiger partial charge is 0.256 e. The average molecular weight is 277 g/mol. The average Bonchev–Trinajstić information content (AvgIpc) is 3.02. The van der Waals surface area contributed by atoms with Crippen molar-refractivity contribution < 1.29 is 9.53 Å². The number of methoxy groups -OCH3 is 1. The molecule has 1 fully saturated rings. The van der Waals surface area contributed by atoms with Gasteiger partial charge in [-0.1, -0.05) is 6.92 Å². The van der Waals surface area contributed by atoms with Gasteiger partial charge in [-0.15, -0.1) is 0 Å². The Morgan fingerprint density at radius 1 is 1.50 bits per heavy atom. The molecule has 0 aromatic carbocycles. The lowest BCUT2D eigenvalue weighted by Crippen LogP contribution is -2.42. The second-order valence-electron chi connectivity index (χ2n) is 5.08. The van der Waals surface area contributed by atoms with E-state index in [2.05, 4.69) is 22.1 Å². The third-order valence-corrected chi connectivity index (χ3v) is 3.84. The molecule has 0 unspecified atom stereocenters. The number of hydrogen-bond acceptors (Lipinski definition) is 4. The van der Waals surface area contributed by atoms with E-state index >= 15 is 0 Å². The van der Waals surface area contributed by atoms with Crippen LogP contribution in [0.15, 0.2) is 18.3 Å². The summed E-state index contributed by atoms with van der Waals surface area (Å²) in [5.41, 5.74) is 0.492. The predicted octanol–water partition coefficient (Wildman–Crippen LogP) is 1.69. The molecule has 1 aromatic rings. The summed E-state index contributed by atoms with van der Waals surface area (Å²) in [6, 6.07) is 3.90. The second-order valence-corrected chi connectivity index (χ2v) is 5.08. The Balaban J connectivity index is 1.93. The number of carbonyl (C=O) groups is 1. The molecule has 1 saturated heterocycles. The molecular formula is C15H23N3O2. The van der Waals surface area contributed by atoms with Gasteiger partial charge in [0.25, 0.3) is 5.91 Å². The summed E-state index contributed by atoms with van der Waals surface area (Å²) in [4.78, 5) is 18.7. The molecule has 5 nitrogen and oxygen atoms in total. The number of nitrogens with zero attached hydrogens (tertiary/aromatic N) is 2. The Morgan fingerprint density at radius 2 is 2.25 bits per heavy atom. The molecule has 1 aliphatic heterocycles. The SMILES string of the molecule is CC[C@@H](CNC(=O)c1cccnc1OC)N1CCCC1. The minimum atomic E-state index is -0.118. The molecule has 20 heavy (non-hydrogen) atoms. The van der Waals surface area contributed by atoms with Crippen molar-refractivity contribution >= 4 is 5.91 Å². The molecule has 0 radical (unpaired) electrons. The maximum atomic E-state index is 12.2. The van der Waals surface area contributed by atoms with Gasteiger partial charge in [0.15, 0.2) is 0 Å². The fourth-order valence-electron chi connectivity index (χ4n) is 2.67. The largest absolute Gasteiger partial charge is 0.480 e. The Labute approximate surface area is 120 Å². The monoisotopic (exact) mass is 277 g/mol. The number of hydrogen-bond donors (Lipinski definition) is 1. The van der Waals surface area contributed by atoms with Crippen molar-refractivity contribution in [1.29, 1.82) is 0 Å². The first kappa shape index (κ1) is 14.8. The maximum absolute atomic E-state index is 12.2. The molecule has 110 valence electrons. The Morgan fingerprint density at radius 3 is 2.90 bits per heavy atom. The summed E-state index contributed by atoms with van der Waals surface area (Å²) >= 11 is 0. The summed E-state index contributed by atoms with van der Waals surface area (Å²) in [7, 11) is 1.53. The Hall–Kier alpha value is -1.62. The van der Waals surface area contributed by atoms with Crippen molar-refractivity contribution in [3.63, 3.8) is 0 Å². The number of pyridine rings is 1. The van der Waals surface area contributed by atoms with Crippen LogP contribution in [0, 0.1) is 0 Å². The zero-order valence-corrected chi connectivity index (χ0v) is 12.3. The number of ether oxygens (including phenoxy) is 1. The van der Waals surface area contributed by atoms with Crippen LogP contribution in [0.1, 0.15) is 36.5 Å². The topological polar surface area (TPSA) is 54.5 Å². The van der Waals surface area contributed by atoms with Crippen molar-refractivity contribution in [2.75, 3.05) is 26.7 Å². The van der Waals surface area contributed by atoms with Crippen LogP contribution >= 0.6 is 0 Å². The molecule has 1 aliphatic rings. The number of likely N-dealkylation sites (tertiary alicyclic amines) is 1. The predicted molar refractivity (Wildman–Crippen MR) is 78.0 cm³/mol. The molecule has 0 aliphatic carbocycles. The van der Waals surface area contributed by atoms with E-state index in [4.69, 9.17) is 4.74 Å². The van der Waals surface area contributed by atoms with Gasteiger partial charge in [0, 0.05) is 18.8 Å². The van der Waals surface area contributed by atoms with Gasteiger partial charge in [0.1, 0.15) is 5.56 Å². The van der Waals surface area contributed by atoms with Crippen LogP contribution in [0.2, 0.25) is 0 Å². The molecule has 1 amide bonds. The molecule has 1 atom stereocenters. The lowest BCUT2D eigenvalue weighted by Gasteiger charge is -2.26. The Kier molecular flexibility index (Phi) is 5.35. The normalized spacial score (nSPS) is 16.9. The van der Waals surface area contributed by atoms with E-state index in [-0.39, 0.29) is 5.91 Å².